The molecule has 0 bridgehead atoms. The molecule has 0 aliphatic heterocycles. The molecule has 0 aliphatic carbocycles. The number of rotatable bonds is 11. The number of methoxy groups -OCH3 is 1. The third-order valence-corrected chi connectivity index (χ3v) is 6.33. The fourth-order valence-corrected chi connectivity index (χ4v) is 4.27. The molecule has 2 amide bonds. The zero-order chi connectivity index (χ0) is 25.4. The van der Waals surface area contributed by atoms with Crippen LogP contribution in [0.5, 0.6) is 5.75 Å². The molecule has 3 aromatic rings. The fraction of sp³-hybridized carbons (Fsp3) is 0.346. The summed E-state index contributed by atoms with van der Waals surface area (Å²) in [5.41, 5.74) is 1.60. The molecule has 0 fully saturated rings. The van der Waals surface area contributed by atoms with Crippen molar-refractivity contribution >= 4 is 35.0 Å². The highest BCUT2D eigenvalue weighted by atomic mass is 35.5. The Bertz CT molecular complexity index is 1140. The number of carbonyl (C=O) groups is 2. The van der Waals surface area contributed by atoms with E-state index in [1.165, 1.54) is 0 Å². The van der Waals surface area contributed by atoms with Crippen LogP contribution in [0.25, 0.3) is 0 Å². The van der Waals surface area contributed by atoms with E-state index in [2.05, 4.69) is 10.5 Å². The van der Waals surface area contributed by atoms with Crippen molar-refractivity contribution in [2.45, 2.75) is 45.7 Å². The van der Waals surface area contributed by atoms with Gasteiger partial charge in [0.05, 0.1) is 24.2 Å². The summed E-state index contributed by atoms with van der Waals surface area (Å²) in [6, 6.07) is 14.0. The van der Waals surface area contributed by atoms with Crippen molar-refractivity contribution in [1.82, 2.24) is 15.4 Å². The molecule has 0 spiro atoms. The second-order valence-electron chi connectivity index (χ2n) is 8.06. The van der Waals surface area contributed by atoms with Gasteiger partial charge in [-0.15, -0.1) is 0 Å². The van der Waals surface area contributed by atoms with E-state index >= 15 is 0 Å². The summed E-state index contributed by atoms with van der Waals surface area (Å²) < 4.78 is 10.6. The number of halogens is 2. The number of nitrogens with one attached hydrogen (secondary N) is 1. The highest BCUT2D eigenvalue weighted by molar-refractivity contribution is 6.36. The second-order valence-corrected chi connectivity index (χ2v) is 8.90. The van der Waals surface area contributed by atoms with Crippen molar-refractivity contribution in [3.05, 3.63) is 81.2 Å². The Balaban J connectivity index is 1.66. The van der Waals surface area contributed by atoms with Crippen molar-refractivity contribution in [3.8, 4) is 5.75 Å². The van der Waals surface area contributed by atoms with Crippen LogP contribution in [0.15, 0.2) is 53.1 Å². The topological polar surface area (TPSA) is 84.7 Å². The first-order valence-corrected chi connectivity index (χ1v) is 12.2. The van der Waals surface area contributed by atoms with Gasteiger partial charge in [0.2, 0.25) is 0 Å². The van der Waals surface area contributed by atoms with Gasteiger partial charge in [0.15, 0.2) is 11.5 Å². The lowest BCUT2D eigenvalue weighted by atomic mass is 10.1. The summed E-state index contributed by atoms with van der Waals surface area (Å²) in [4.78, 5) is 27.6. The lowest BCUT2D eigenvalue weighted by Gasteiger charge is -2.30. The van der Waals surface area contributed by atoms with Gasteiger partial charge in [-0.3, -0.25) is 9.59 Å². The van der Waals surface area contributed by atoms with E-state index in [0.29, 0.717) is 29.3 Å². The Labute approximate surface area is 215 Å². The molecule has 0 saturated carbocycles. The standard InChI is InChI=1S/C26H29Cl2N3O4/c1-4-19(5-2)31(26(33)22-11-8-18(27)14-23(22)28)16-21-15-24(30-35-21)25(32)29-13-12-17-6-9-20(34-3)10-7-17/h6-11,14-15,19H,4-5,12-13,16H2,1-3H3,(H,29,32). The average Bonchev–Trinajstić information content (AvgIpc) is 3.33. The van der Waals surface area contributed by atoms with E-state index in [0.717, 1.165) is 24.2 Å². The van der Waals surface area contributed by atoms with Crippen LogP contribution in [0.2, 0.25) is 10.0 Å². The first kappa shape index (κ1) is 26.6. The highest BCUT2D eigenvalue weighted by Gasteiger charge is 2.26. The third-order valence-electron chi connectivity index (χ3n) is 5.78. The Morgan fingerprint density at radius 2 is 1.80 bits per heavy atom. The molecule has 3 rings (SSSR count). The monoisotopic (exact) mass is 517 g/mol. The second kappa shape index (κ2) is 12.6. The number of benzene rings is 2. The summed E-state index contributed by atoms with van der Waals surface area (Å²) in [5, 5.41) is 7.49. The molecule has 9 heteroatoms. The van der Waals surface area contributed by atoms with Crippen molar-refractivity contribution in [2.75, 3.05) is 13.7 Å². The average molecular weight is 518 g/mol. The van der Waals surface area contributed by atoms with Crippen molar-refractivity contribution in [1.29, 1.82) is 0 Å². The predicted octanol–water partition coefficient (Wildman–Crippen LogP) is 5.79. The molecule has 0 radical (unpaired) electrons. The lowest BCUT2D eigenvalue weighted by Crippen LogP contribution is -2.39. The fourth-order valence-electron chi connectivity index (χ4n) is 3.78. The van der Waals surface area contributed by atoms with Crippen LogP contribution < -0.4 is 10.1 Å². The van der Waals surface area contributed by atoms with Gasteiger partial charge in [-0.05, 0) is 55.2 Å². The van der Waals surface area contributed by atoms with Crippen LogP contribution in [-0.2, 0) is 13.0 Å². The molecule has 1 aromatic heterocycles. The van der Waals surface area contributed by atoms with Crippen LogP contribution in [0.4, 0.5) is 0 Å². The summed E-state index contributed by atoms with van der Waals surface area (Å²) in [6.07, 6.45) is 2.17. The van der Waals surface area contributed by atoms with Crippen molar-refractivity contribution in [3.63, 3.8) is 0 Å². The van der Waals surface area contributed by atoms with Gasteiger partial charge in [0.1, 0.15) is 5.75 Å². The Kier molecular flexibility index (Phi) is 9.57. The minimum Gasteiger partial charge on any atom is -0.497 e. The first-order valence-electron chi connectivity index (χ1n) is 11.5. The van der Waals surface area contributed by atoms with E-state index in [-0.39, 0.29) is 35.1 Å². The van der Waals surface area contributed by atoms with Crippen LogP contribution in [-0.4, -0.2) is 41.6 Å². The molecule has 1 N–H and O–H groups in total. The normalized spacial score (nSPS) is 10.9. The quantitative estimate of drug-likeness (QED) is 0.347. The molecular weight excluding hydrogens is 489 g/mol. The van der Waals surface area contributed by atoms with Crippen molar-refractivity contribution < 1.29 is 18.8 Å². The van der Waals surface area contributed by atoms with Gasteiger partial charge in [0, 0.05) is 23.7 Å². The number of amides is 2. The SMILES string of the molecule is CCC(CC)N(Cc1cc(C(=O)NCCc2ccc(OC)cc2)no1)C(=O)c1ccc(Cl)cc1Cl. The maximum absolute atomic E-state index is 13.3. The first-order chi connectivity index (χ1) is 16.9. The van der Waals surface area contributed by atoms with Crippen LogP contribution in [0, 0.1) is 0 Å². The molecule has 7 nitrogen and oxygen atoms in total. The smallest absolute Gasteiger partial charge is 0.273 e. The van der Waals surface area contributed by atoms with E-state index < -0.39 is 0 Å². The van der Waals surface area contributed by atoms with Gasteiger partial charge in [0.25, 0.3) is 11.8 Å². The summed E-state index contributed by atoms with van der Waals surface area (Å²) >= 11 is 12.3. The zero-order valence-electron chi connectivity index (χ0n) is 20.0. The van der Waals surface area contributed by atoms with E-state index in [4.69, 9.17) is 32.5 Å². The largest absolute Gasteiger partial charge is 0.497 e. The van der Waals surface area contributed by atoms with E-state index in [1.54, 1.807) is 36.3 Å². The van der Waals surface area contributed by atoms with Gasteiger partial charge < -0.3 is 19.5 Å². The number of aromatic nitrogens is 1. The molecule has 0 unspecified atom stereocenters. The molecule has 35 heavy (non-hydrogen) atoms. The Morgan fingerprint density at radius 3 is 2.43 bits per heavy atom. The maximum Gasteiger partial charge on any atom is 0.273 e. The van der Waals surface area contributed by atoms with Gasteiger partial charge in [-0.1, -0.05) is 54.3 Å². The zero-order valence-corrected chi connectivity index (χ0v) is 21.5. The molecule has 186 valence electrons. The van der Waals surface area contributed by atoms with Crippen LogP contribution >= 0.6 is 23.2 Å². The third kappa shape index (κ3) is 6.99. The molecule has 1 heterocycles. The Hall–Kier alpha value is -3.03. The number of hydrogen-bond acceptors (Lipinski definition) is 5. The minimum atomic E-state index is -0.338. The number of ether oxygens (including phenoxy) is 1. The number of nitrogens with zero attached hydrogens (tertiary/aromatic N) is 2. The molecule has 0 saturated heterocycles. The van der Waals surface area contributed by atoms with Crippen LogP contribution in [0.1, 0.15) is 58.9 Å². The van der Waals surface area contributed by atoms with Gasteiger partial charge >= 0.3 is 0 Å². The molecular formula is C26H29Cl2N3O4. The van der Waals surface area contributed by atoms with Gasteiger partial charge in [-0.25, -0.2) is 0 Å². The lowest BCUT2D eigenvalue weighted by molar-refractivity contribution is 0.0628. The number of hydrogen-bond donors (Lipinski definition) is 1. The summed E-state index contributed by atoms with van der Waals surface area (Å²) in [7, 11) is 1.62. The minimum absolute atomic E-state index is 0.0406. The molecule has 0 aliphatic rings. The summed E-state index contributed by atoms with van der Waals surface area (Å²) in [6.45, 7) is 4.64. The van der Waals surface area contributed by atoms with Crippen molar-refractivity contribution in [2.24, 2.45) is 0 Å². The Morgan fingerprint density at radius 1 is 1.09 bits per heavy atom. The van der Waals surface area contributed by atoms with Gasteiger partial charge in [-0.2, -0.15) is 0 Å². The molecule has 0 atom stereocenters. The predicted molar refractivity (Wildman–Crippen MR) is 136 cm³/mol. The van der Waals surface area contributed by atoms with Crippen LogP contribution in [0.3, 0.4) is 0 Å². The van der Waals surface area contributed by atoms with E-state index in [9.17, 15) is 9.59 Å². The van der Waals surface area contributed by atoms with E-state index in [1.807, 2.05) is 38.1 Å². The summed E-state index contributed by atoms with van der Waals surface area (Å²) in [5.74, 6) is 0.625. The highest BCUT2D eigenvalue weighted by Crippen LogP contribution is 2.25. The molecule has 2 aromatic carbocycles. The maximum atomic E-state index is 13.3. The number of carbonyl (C=O) groups excluding carboxylic acids is 2.